The van der Waals surface area contributed by atoms with Crippen molar-refractivity contribution in [2.24, 2.45) is 5.92 Å². The minimum Gasteiger partial charge on any atom is -0.481 e. The number of benzene rings is 1. The molecule has 1 aliphatic heterocycles. The van der Waals surface area contributed by atoms with E-state index in [4.69, 9.17) is 10.8 Å². The van der Waals surface area contributed by atoms with E-state index in [2.05, 4.69) is 14.9 Å². The van der Waals surface area contributed by atoms with E-state index < -0.39 is 5.97 Å². The van der Waals surface area contributed by atoms with Crippen LogP contribution in [0.2, 0.25) is 0 Å². The molecule has 3 rings (SSSR count). The van der Waals surface area contributed by atoms with Crippen LogP contribution in [0.1, 0.15) is 12.8 Å². The van der Waals surface area contributed by atoms with Crippen molar-refractivity contribution in [2.45, 2.75) is 12.8 Å². The van der Waals surface area contributed by atoms with Crippen LogP contribution in [0.4, 0.5) is 11.6 Å². The van der Waals surface area contributed by atoms with Crippen molar-refractivity contribution in [3.63, 3.8) is 0 Å². The van der Waals surface area contributed by atoms with E-state index in [-0.39, 0.29) is 5.92 Å². The van der Waals surface area contributed by atoms with Crippen LogP contribution in [0.15, 0.2) is 18.2 Å². The van der Waals surface area contributed by atoms with Gasteiger partial charge in [-0.05, 0) is 31.0 Å². The highest BCUT2D eigenvalue weighted by atomic mass is 16.4. The standard InChI is InChI=1S/C13H16N4O2/c14-9-1-2-10-11(7-9)16-13(15-10)17-5-3-8(4-6-17)12(18)19/h1-2,7-8H,3-6,14H2,(H,15,16)(H,18,19). The third-order valence-corrected chi connectivity index (χ3v) is 3.64. The highest BCUT2D eigenvalue weighted by Gasteiger charge is 2.25. The van der Waals surface area contributed by atoms with Crippen molar-refractivity contribution in [3.05, 3.63) is 18.2 Å². The summed E-state index contributed by atoms with van der Waals surface area (Å²) < 4.78 is 0. The van der Waals surface area contributed by atoms with E-state index in [0.717, 1.165) is 17.0 Å². The second-order valence-electron chi connectivity index (χ2n) is 4.94. The van der Waals surface area contributed by atoms with Gasteiger partial charge < -0.3 is 20.7 Å². The summed E-state index contributed by atoms with van der Waals surface area (Å²) in [5, 5.41) is 8.98. The molecule has 1 aliphatic rings. The quantitative estimate of drug-likeness (QED) is 0.710. The normalized spacial score (nSPS) is 16.9. The van der Waals surface area contributed by atoms with E-state index in [1.54, 1.807) is 0 Å². The first-order valence-corrected chi connectivity index (χ1v) is 6.36. The van der Waals surface area contributed by atoms with Crippen LogP contribution in [0.5, 0.6) is 0 Å². The van der Waals surface area contributed by atoms with Crippen LogP contribution in [0.3, 0.4) is 0 Å². The van der Waals surface area contributed by atoms with Crippen molar-refractivity contribution >= 4 is 28.6 Å². The molecule has 4 N–H and O–H groups in total. The van der Waals surface area contributed by atoms with Gasteiger partial charge in [-0.2, -0.15) is 0 Å². The number of aromatic amines is 1. The molecular formula is C13H16N4O2. The molecule has 0 saturated carbocycles. The Bertz CT molecular complexity index is 614. The minimum absolute atomic E-state index is 0.226. The second-order valence-corrected chi connectivity index (χ2v) is 4.94. The number of aliphatic carboxylic acids is 1. The Labute approximate surface area is 110 Å². The van der Waals surface area contributed by atoms with Gasteiger partial charge in [-0.15, -0.1) is 0 Å². The van der Waals surface area contributed by atoms with E-state index >= 15 is 0 Å². The zero-order chi connectivity index (χ0) is 13.4. The molecule has 6 nitrogen and oxygen atoms in total. The van der Waals surface area contributed by atoms with Gasteiger partial charge in [-0.3, -0.25) is 4.79 Å². The third kappa shape index (κ3) is 2.21. The number of piperidine rings is 1. The number of fused-ring (bicyclic) bond motifs is 1. The Kier molecular flexibility index (Phi) is 2.77. The van der Waals surface area contributed by atoms with Crippen molar-refractivity contribution < 1.29 is 9.90 Å². The number of hydrogen-bond acceptors (Lipinski definition) is 4. The molecule has 1 fully saturated rings. The van der Waals surface area contributed by atoms with Crippen LogP contribution < -0.4 is 10.6 Å². The molecule has 19 heavy (non-hydrogen) atoms. The molecule has 1 aromatic carbocycles. The number of aromatic nitrogens is 2. The summed E-state index contributed by atoms with van der Waals surface area (Å²) in [6, 6.07) is 5.57. The summed E-state index contributed by atoms with van der Waals surface area (Å²) in [5.74, 6) is -0.127. The summed E-state index contributed by atoms with van der Waals surface area (Å²) in [7, 11) is 0. The summed E-state index contributed by atoms with van der Waals surface area (Å²) in [4.78, 5) is 20.8. The fraction of sp³-hybridized carbons (Fsp3) is 0.385. The second kappa shape index (κ2) is 4.46. The number of anilines is 2. The maximum Gasteiger partial charge on any atom is 0.306 e. The summed E-state index contributed by atoms with van der Waals surface area (Å²) in [6.07, 6.45) is 1.32. The third-order valence-electron chi connectivity index (χ3n) is 3.64. The molecule has 1 aromatic heterocycles. The van der Waals surface area contributed by atoms with Crippen molar-refractivity contribution in [1.29, 1.82) is 0 Å². The number of nitrogens with zero attached hydrogens (tertiary/aromatic N) is 2. The number of nitrogens with two attached hydrogens (primary N) is 1. The Hall–Kier alpha value is -2.24. The number of carbonyl (C=O) groups is 1. The van der Waals surface area contributed by atoms with Gasteiger partial charge in [0.1, 0.15) is 0 Å². The first-order valence-electron chi connectivity index (χ1n) is 6.36. The number of nitrogen functional groups attached to an aromatic ring is 1. The van der Waals surface area contributed by atoms with Crippen LogP contribution in [0.25, 0.3) is 11.0 Å². The maximum absolute atomic E-state index is 10.9. The first kappa shape index (κ1) is 11.8. The number of rotatable bonds is 2. The van der Waals surface area contributed by atoms with Gasteiger partial charge in [0.25, 0.3) is 0 Å². The van der Waals surface area contributed by atoms with E-state index in [1.165, 1.54) is 0 Å². The number of hydrogen-bond donors (Lipinski definition) is 3. The number of nitrogens with one attached hydrogen (secondary N) is 1. The summed E-state index contributed by atoms with van der Waals surface area (Å²) >= 11 is 0. The fourth-order valence-corrected chi connectivity index (χ4v) is 2.50. The molecule has 0 bridgehead atoms. The molecule has 0 unspecified atom stereocenters. The first-order chi connectivity index (χ1) is 9.13. The van der Waals surface area contributed by atoms with E-state index in [9.17, 15) is 4.79 Å². The molecular weight excluding hydrogens is 244 g/mol. The SMILES string of the molecule is Nc1ccc2[nH]c(N3CCC(C(=O)O)CC3)nc2c1. The van der Waals surface area contributed by atoms with Gasteiger partial charge in [0.2, 0.25) is 5.95 Å². The van der Waals surface area contributed by atoms with Gasteiger partial charge in [-0.25, -0.2) is 4.98 Å². The number of carboxylic acids is 1. The average Bonchev–Trinajstić information content (AvgIpc) is 2.81. The molecule has 0 aliphatic carbocycles. The van der Waals surface area contributed by atoms with Gasteiger partial charge >= 0.3 is 5.97 Å². The highest BCUT2D eigenvalue weighted by Crippen LogP contribution is 2.24. The van der Waals surface area contributed by atoms with E-state index in [0.29, 0.717) is 31.6 Å². The Morgan fingerprint density at radius 2 is 2.16 bits per heavy atom. The molecule has 100 valence electrons. The predicted octanol–water partition coefficient (Wildman–Crippen LogP) is 1.45. The highest BCUT2D eigenvalue weighted by molar-refractivity contribution is 5.81. The monoisotopic (exact) mass is 260 g/mol. The largest absolute Gasteiger partial charge is 0.481 e. The van der Waals surface area contributed by atoms with Gasteiger partial charge in [0.15, 0.2) is 0 Å². The lowest BCUT2D eigenvalue weighted by atomic mass is 9.97. The molecule has 2 aromatic rings. The smallest absolute Gasteiger partial charge is 0.306 e. The Morgan fingerprint density at radius 1 is 1.42 bits per heavy atom. The fourth-order valence-electron chi connectivity index (χ4n) is 2.50. The molecule has 0 amide bonds. The van der Waals surface area contributed by atoms with Crippen LogP contribution in [-0.4, -0.2) is 34.1 Å². The molecule has 6 heteroatoms. The number of H-pyrrole nitrogens is 1. The van der Waals surface area contributed by atoms with Crippen molar-refractivity contribution in [3.8, 4) is 0 Å². The van der Waals surface area contributed by atoms with Crippen LogP contribution in [-0.2, 0) is 4.79 Å². The Morgan fingerprint density at radius 3 is 2.84 bits per heavy atom. The predicted molar refractivity (Wildman–Crippen MR) is 73.1 cm³/mol. The molecule has 0 radical (unpaired) electrons. The van der Waals surface area contributed by atoms with Gasteiger partial charge in [0.05, 0.1) is 17.0 Å². The zero-order valence-electron chi connectivity index (χ0n) is 10.5. The van der Waals surface area contributed by atoms with Crippen LogP contribution in [0, 0.1) is 5.92 Å². The number of imidazole rings is 1. The summed E-state index contributed by atoms with van der Waals surface area (Å²) in [5.41, 5.74) is 8.21. The Balaban J connectivity index is 1.80. The lowest BCUT2D eigenvalue weighted by Crippen LogP contribution is -2.36. The molecule has 2 heterocycles. The lowest BCUT2D eigenvalue weighted by molar-refractivity contribution is -0.142. The average molecular weight is 260 g/mol. The minimum atomic E-state index is -0.697. The molecule has 1 saturated heterocycles. The maximum atomic E-state index is 10.9. The van der Waals surface area contributed by atoms with Crippen LogP contribution >= 0.6 is 0 Å². The lowest BCUT2D eigenvalue weighted by Gasteiger charge is -2.29. The zero-order valence-corrected chi connectivity index (χ0v) is 10.5. The molecule has 0 atom stereocenters. The topological polar surface area (TPSA) is 95.2 Å². The van der Waals surface area contributed by atoms with Gasteiger partial charge in [0, 0.05) is 18.8 Å². The van der Waals surface area contributed by atoms with Gasteiger partial charge in [-0.1, -0.05) is 0 Å². The summed E-state index contributed by atoms with van der Waals surface area (Å²) in [6.45, 7) is 1.43. The van der Waals surface area contributed by atoms with E-state index in [1.807, 2.05) is 18.2 Å². The molecule has 0 spiro atoms. The number of carboxylic acid groups (broad SMARTS) is 1. The van der Waals surface area contributed by atoms with Crippen molar-refractivity contribution in [2.75, 3.05) is 23.7 Å². The van der Waals surface area contributed by atoms with Crippen molar-refractivity contribution in [1.82, 2.24) is 9.97 Å².